The molecule has 1 aliphatic heterocycles. The Hall–Kier alpha value is -4.66. The molecule has 4 rings (SSSR count). The van der Waals surface area contributed by atoms with Crippen molar-refractivity contribution < 1.29 is 55.1 Å². The largest absolute Gasteiger partial charge is 0.466 e. The zero-order chi connectivity index (χ0) is 36.0. The zero-order valence-electron chi connectivity index (χ0n) is 26.5. The molecule has 9 nitrogen and oxygen atoms in total. The highest BCUT2D eigenvalue weighted by atomic mass is 19.4. The number of piperidine rings is 1. The number of carbonyl (C=O) groups is 2. The van der Waals surface area contributed by atoms with Gasteiger partial charge in [-0.15, -0.1) is 0 Å². The zero-order valence-corrected chi connectivity index (χ0v) is 26.5. The molecular weight excluding hydrogens is 662 g/mol. The molecule has 1 aliphatic rings. The number of nitro groups is 1. The predicted molar refractivity (Wildman–Crippen MR) is 162 cm³/mol. The standard InChI is InChI=1S/C34H34F6N2O7/c1-3-47-30(43)19-29-28(42(45)46)14-15-32(25-12-8-5-9-13-25,41(29)31(44)48-20-23-10-6-4-7-11-23)21-49-22(2)24-16-26(33(35,36)37)18-27(17-24)34(38,39)40/h4-13,16-18,22,28-29H,3,14-15,19-21H2,1-2H3/t22-,28-,29+,32-/m1/s1. The number of carbonyl (C=O) groups excluding carboxylic acids is 2. The first-order valence-electron chi connectivity index (χ1n) is 15.3. The van der Waals surface area contributed by atoms with Crippen molar-refractivity contribution >= 4 is 12.1 Å². The second-order valence-electron chi connectivity index (χ2n) is 11.6. The molecule has 1 fully saturated rings. The van der Waals surface area contributed by atoms with Crippen LogP contribution in [0, 0.1) is 10.1 Å². The van der Waals surface area contributed by atoms with Crippen LogP contribution in [0.4, 0.5) is 31.1 Å². The molecule has 0 aromatic heterocycles. The average Bonchev–Trinajstić information content (AvgIpc) is 3.06. The third-order valence-corrected chi connectivity index (χ3v) is 8.41. The van der Waals surface area contributed by atoms with Crippen LogP contribution < -0.4 is 0 Å². The monoisotopic (exact) mass is 696 g/mol. The van der Waals surface area contributed by atoms with Gasteiger partial charge in [-0.25, -0.2) is 4.79 Å². The molecule has 3 aromatic rings. The highest BCUT2D eigenvalue weighted by molar-refractivity contribution is 5.74. The first-order chi connectivity index (χ1) is 23.1. The minimum atomic E-state index is -5.10. The van der Waals surface area contributed by atoms with Gasteiger partial charge in [0.1, 0.15) is 12.6 Å². The summed E-state index contributed by atoms with van der Waals surface area (Å²) in [5.41, 5.74) is -4.15. The summed E-state index contributed by atoms with van der Waals surface area (Å²) in [6, 6.07) is 14.8. The number of benzene rings is 3. The normalized spacial score (nSPS) is 20.4. The van der Waals surface area contributed by atoms with Gasteiger partial charge in [0, 0.05) is 11.3 Å². The van der Waals surface area contributed by atoms with Crippen LogP contribution in [0.1, 0.15) is 67.0 Å². The summed E-state index contributed by atoms with van der Waals surface area (Å²) in [7, 11) is 0. The van der Waals surface area contributed by atoms with Gasteiger partial charge in [0.15, 0.2) is 0 Å². The number of amides is 1. The Morgan fingerprint density at radius 2 is 1.51 bits per heavy atom. The molecule has 0 aliphatic carbocycles. The van der Waals surface area contributed by atoms with E-state index in [0.717, 1.165) is 4.90 Å². The number of nitrogens with zero attached hydrogens (tertiary/aromatic N) is 2. The molecule has 0 saturated carbocycles. The summed E-state index contributed by atoms with van der Waals surface area (Å²) in [4.78, 5) is 39.7. The molecule has 0 radical (unpaired) electrons. The molecular formula is C34H34F6N2O7. The molecule has 0 spiro atoms. The van der Waals surface area contributed by atoms with Gasteiger partial charge in [0.2, 0.25) is 6.04 Å². The minimum absolute atomic E-state index is 0.00498. The van der Waals surface area contributed by atoms with Gasteiger partial charge in [0.05, 0.1) is 42.4 Å². The fourth-order valence-electron chi connectivity index (χ4n) is 5.98. The van der Waals surface area contributed by atoms with E-state index in [0.29, 0.717) is 23.3 Å². The maximum Gasteiger partial charge on any atom is 0.416 e. The average molecular weight is 697 g/mol. The van der Waals surface area contributed by atoms with E-state index in [4.69, 9.17) is 14.2 Å². The van der Waals surface area contributed by atoms with E-state index >= 15 is 0 Å². The van der Waals surface area contributed by atoms with E-state index in [-0.39, 0.29) is 32.1 Å². The molecule has 264 valence electrons. The summed E-state index contributed by atoms with van der Waals surface area (Å²) in [5.74, 6) is -0.831. The van der Waals surface area contributed by atoms with Gasteiger partial charge < -0.3 is 14.2 Å². The van der Waals surface area contributed by atoms with Crippen molar-refractivity contribution in [1.82, 2.24) is 4.90 Å². The molecule has 0 bridgehead atoms. The highest BCUT2D eigenvalue weighted by Crippen LogP contribution is 2.45. The van der Waals surface area contributed by atoms with Crippen molar-refractivity contribution in [2.45, 2.75) is 75.8 Å². The van der Waals surface area contributed by atoms with Crippen LogP contribution in [0.25, 0.3) is 0 Å². The second kappa shape index (κ2) is 15.3. The molecule has 4 atom stereocenters. The lowest BCUT2D eigenvalue weighted by atomic mass is 9.76. The molecule has 3 aromatic carbocycles. The Morgan fingerprint density at radius 3 is 2.04 bits per heavy atom. The van der Waals surface area contributed by atoms with Crippen molar-refractivity contribution in [1.29, 1.82) is 0 Å². The lowest BCUT2D eigenvalue weighted by Gasteiger charge is -2.51. The van der Waals surface area contributed by atoms with Gasteiger partial charge in [-0.05, 0) is 55.2 Å². The maximum atomic E-state index is 14.1. The molecule has 0 unspecified atom stereocenters. The van der Waals surface area contributed by atoms with Crippen LogP contribution in [0.5, 0.6) is 0 Å². The minimum Gasteiger partial charge on any atom is -0.466 e. The quantitative estimate of drug-likeness (QED) is 0.0863. The number of likely N-dealkylation sites (tertiary alicyclic amines) is 1. The maximum absolute atomic E-state index is 14.1. The van der Waals surface area contributed by atoms with E-state index in [1.54, 1.807) is 60.7 Å². The van der Waals surface area contributed by atoms with Gasteiger partial charge in [-0.2, -0.15) is 26.3 Å². The molecule has 49 heavy (non-hydrogen) atoms. The lowest BCUT2D eigenvalue weighted by molar-refractivity contribution is -0.536. The van der Waals surface area contributed by atoms with E-state index in [2.05, 4.69) is 0 Å². The SMILES string of the molecule is CCOC(=O)C[C@H]1[C@H]([N+](=O)[O-])CC[C@@](CO[C@H](C)c2cc(C(F)(F)F)cc(C(F)(F)F)c2)(c2ccccc2)N1C(=O)OCc1ccccc1. The first kappa shape index (κ1) is 37.2. The second-order valence-corrected chi connectivity index (χ2v) is 11.6. The van der Waals surface area contributed by atoms with Crippen molar-refractivity contribution in [3.63, 3.8) is 0 Å². The Labute approximate surface area is 277 Å². The molecule has 0 N–H and O–H groups in total. The molecule has 1 saturated heterocycles. The van der Waals surface area contributed by atoms with Crippen molar-refractivity contribution in [3.05, 3.63) is 117 Å². The number of rotatable bonds is 11. The number of alkyl halides is 6. The van der Waals surface area contributed by atoms with E-state index in [1.807, 2.05) is 0 Å². The van der Waals surface area contributed by atoms with Gasteiger partial charge >= 0.3 is 24.4 Å². The topological polar surface area (TPSA) is 108 Å². The van der Waals surface area contributed by atoms with Crippen LogP contribution >= 0.6 is 0 Å². The highest BCUT2D eigenvalue weighted by Gasteiger charge is 2.56. The third-order valence-electron chi connectivity index (χ3n) is 8.41. The van der Waals surface area contributed by atoms with Gasteiger partial charge in [0.25, 0.3) is 0 Å². The number of halogens is 6. The lowest BCUT2D eigenvalue weighted by Crippen LogP contribution is -2.65. The first-order valence-corrected chi connectivity index (χ1v) is 15.3. The van der Waals surface area contributed by atoms with E-state index in [1.165, 1.54) is 13.8 Å². The summed E-state index contributed by atoms with van der Waals surface area (Å²) in [6.07, 6.45) is -13.5. The smallest absolute Gasteiger partial charge is 0.416 e. The van der Waals surface area contributed by atoms with Crippen LogP contribution in [0.15, 0.2) is 78.9 Å². The summed E-state index contributed by atoms with van der Waals surface area (Å²) in [5, 5.41) is 12.3. The van der Waals surface area contributed by atoms with Crippen LogP contribution in [0.3, 0.4) is 0 Å². The number of esters is 1. The molecule has 15 heteroatoms. The van der Waals surface area contributed by atoms with Gasteiger partial charge in [-0.1, -0.05) is 60.7 Å². The van der Waals surface area contributed by atoms with E-state index < -0.39 is 82.8 Å². The van der Waals surface area contributed by atoms with Crippen LogP contribution in [-0.4, -0.2) is 47.2 Å². The number of ether oxygens (including phenoxy) is 3. The van der Waals surface area contributed by atoms with Gasteiger partial charge in [-0.3, -0.25) is 19.8 Å². The fraction of sp³-hybridized carbons (Fsp3) is 0.412. The number of hydrogen-bond donors (Lipinski definition) is 0. The third kappa shape index (κ3) is 8.88. The Bertz CT molecular complexity index is 1570. The molecule has 1 heterocycles. The summed E-state index contributed by atoms with van der Waals surface area (Å²) >= 11 is 0. The predicted octanol–water partition coefficient (Wildman–Crippen LogP) is 8.10. The summed E-state index contributed by atoms with van der Waals surface area (Å²) in [6.45, 7) is 1.95. The van der Waals surface area contributed by atoms with Crippen LogP contribution in [-0.2, 0) is 43.5 Å². The Balaban J connectivity index is 1.81. The van der Waals surface area contributed by atoms with Crippen LogP contribution in [0.2, 0.25) is 0 Å². The summed E-state index contributed by atoms with van der Waals surface area (Å²) < 4.78 is 98.6. The Morgan fingerprint density at radius 1 is 0.939 bits per heavy atom. The molecule has 1 amide bonds. The van der Waals surface area contributed by atoms with Crippen molar-refractivity contribution in [2.24, 2.45) is 0 Å². The van der Waals surface area contributed by atoms with E-state index in [9.17, 15) is 46.0 Å². The Kier molecular flexibility index (Phi) is 11.6. The van der Waals surface area contributed by atoms with Crippen molar-refractivity contribution in [2.75, 3.05) is 13.2 Å². The number of hydrogen-bond acceptors (Lipinski definition) is 7. The van der Waals surface area contributed by atoms with Crippen molar-refractivity contribution in [3.8, 4) is 0 Å². The fourth-order valence-corrected chi connectivity index (χ4v) is 5.98.